The standard InChI is InChI=1S/C21H32NO/c1-4-5-11-20(21(23)16-9-7-6-8-10-16)17-14-18-12-13-19(15-17)22(18,2)3/h6-10,17-20H,4-5,11-15H2,1-3H3/q+1. The number of hydrogen-bond donors (Lipinski definition) is 0. The Morgan fingerprint density at radius 1 is 1.13 bits per heavy atom. The van der Waals surface area contributed by atoms with Crippen LogP contribution in [0.1, 0.15) is 62.2 Å². The van der Waals surface area contributed by atoms with E-state index in [0.29, 0.717) is 11.7 Å². The van der Waals surface area contributed by atoms with E-state index in [1.807, 2.05) is 30.3 Å². The zero-order valence-corrected chi connectivity index (χ0v) is 15.0. The second-order valence-electron chi connectivity index (χ2n) is 8.22. The number of unbranched alkanes of at least 4 members (excludes halogenated alkanes) is 1. The molecule has 0 spiro atoms. The largest absolute Gasteiger partial charge is 0.324 e. The van der Waals surface area contributed by atoms with Crippen LogP contribution < -0.4 is 0 Å². The van der Waals surface area contributed by atoms with Crippen LogP contribution in [0.15, 0.2) is 30.3 Å². The average molecular weight is 314 g/mol. The summed E-state index contributed by atoms with van der Waals surface area (Å²) >= 11 is 0. The van der Waals surface area contributed by atoms with E-state index in [1.54, 1.807) is 0 Å². The van der Waals surface area contributed by atoms with Crippen LogP contribution in [0.3, 0.4) is 0 Å². The first-order valence-corrected chi connectivity index (χ1v) is 9.46. The van der Waals surface area contributed by atoms with Crippen LogP contribution in [-0.2, 0) is 0 Å². The molecule has 2 nitrogen and oxygen atoms in total. The minimum atomic E-state index is 0.237. The lowest BCUT2D eigenvalue weighted by Gasteiger charge is -2.46. The van der Waals surface area contributed by atoms with E-state index in [1.165, 1.54) is 43.0 Å². The maximum absolute atomic E-state index is 13.1. The second-order valence-corrected chi connectivity index (χ2v) is 8.22. The van der Waals surface area contributed by atoms with Crippen molar-refractivity contribution in [1.82, 2.24) is 0 Å². The lowest BCUT2D eigenvalue weighted by Crippen LogP contribution is -2.55. The minimum Gasteiger partial charge on any atom is -0.324 e. The molecule has 2 aliphatic rings. The molecular weight excluding hydrogens is 282 g/mol. The van der Waals surface area contributed by atoms with E-state index in [-0.39, 0.29) is 5.92 Å². The molecule has 0 aromatic heterocycles. The van der Waals surface area contributed by atoms with Gasteiger partial charge in [-0.2, -0.15) is 0 Å². The number of piperidine rings is 1. The molecular formula is C21H32NO+. The van der Waals surface area contributed by atoms with Gasteiger partial charge in [0.05, 0.1) is 26.2 Å². The molecule has 0 N–H and O–H groups in total. The fraction of sp³-hybridized carbons (Fsp3) is 0.667. The Hall–Kier alpha value is -1.15. The molecule has 2 aliphatic heterocycles. The van der Waals surface area contributed by atoms with Gasteiger partial charge in [0.2, 0.25) is 0 Å². The topological polar surface area (TPSA) is 17.1 Å². The molecule has 2 fully saturated rings. The highest BCUT2D eigenvalue weighted by Gasteiger charge is 2.50. The van der Waals surface area contributed by atoms with Crippen LogP contribution >= 0.6 is 0 Å². The van der Waals surface area contributed by atoms with Crippen LogP contribution in [0.2, 0.25) is 0 Å². The number of carbonyl (C=O) groups is 1. The van der Waals surface area contributed by atoms with Gasteiger partial charge >= 0.3 is 0 Å². The Bertz CT molecular complexity index is 520. The van der Waals surface area contributed by atoms with Crippen LogP contribution in [0, 0.1) is 11.8 Å². The Morgan fingerprint density at radius 3 is 2.30 bits per heavy atom. The Kier molecular flexibility index (Phi) is 4.91. The molecule has 2 saturated heterocycles. The molecule has 0 radical (unpaired) electrons. The van der Waals surface area contributed by atoms with Crippen molar-refractivity contribution in [3.8, 4) is 0 Å². The lowest BCUT2D eigenvalue weighted by atomic mass is 9.74. The predicted octanol–water partition coefficient (Wildman–Crippen LogP) is 4.69. The van der Waals surface area contributed by atoms with Gasteiger partial charge in [-0.3, -0.25) is 4.79 Å². The van der Waals surface area contributed by atoms with Crippen LogP contribution in [0.5, 0.6) is 0 Å². The van der Waals surface area contributed by atoms with E-state index in [4.69, 9.17) is 0 Å². The third kappa shape index (κ3) is 3.24. The molecule has 3 atom stereocenters. The number of benzene rings is 1. The molecule has 2 heteroatoms. The third-order valence-corrected chi connectivity index (χ3v) is 6.70. The minimum absolute atomic E-state index is 0.237. The first-order valence-electron chi connectivity index (χ1n) is 9.46. The number of nitrogens with zero attached hydrogens (tertiary/aromatic N) is 1. The summed E-state index contributed by atoms with van der Waals surface area (Å²) in [5.74, 6) is 1.23. The molecule has 0 aliphatic carbocycles. The summed E-state index contributed by atoms with van der Waals surface area (Å²) in [5, 5.41) is 0. The normalized spacial score (nSPS) is 30.1. The number of carbonyl (C=O) groups excluding carboxylic acids is 1. The number of Topliss-reactive ketones (excluding diaryl/α,β-unsaturated/α-hetero) is 1. The summed E-state index contributed by atoms with van der Waals surface area (Å²) in [6, 6.07) is 11.5. The van der Waals surface area contributed by atoms with Crippen LogP contribution in [0.4, 0.5) is 0 Å². The van der Waals surface area contributed by atoms with Crippen LogP contribution in [-0.4, -0.2) is 36.4 Å². The van der Waals surface area contributed by atoms with E-state index < -0.39 is 0 Å². The number of ketones is 1. The fourth-order valence-corrected chi connectivity index (χ4v) is 5.07. The number of quaternary nitrogens is 1. The SMILES string of the molecule is CCCCC(C(=O)c1ccccc1)C1CC2CCC(C1)[N+]2(C)C. The zero-order chi connectivity index (χ0) is 16.4. The van der Waals surface area contributed by atoms with E-state index in [9.17, 15) is 4.79 Å². The third-order valence-electron chi connectivity index (χ3n) is 6.70. The van der Waals surface area contributed by atoms with Crippen LogP contribution in [0.25, 0.3) is 0 Å². The van der Waals surface area contributed by atoms with Gasteiger partial charge in [-0.1, -0.05) is 50.1 Å². The Labute approximate surface area is 141 Å². The van der Waals surface area contributed by atoms with E-state index in [2.05, 4.69) is 21.0 Å². The summed E-state index contributed by atoms with van der Waals surface area (Å²) in [6.45, 7) is 2.23. The van der Waals surface area contributed by atoms with Crippen molar-refractivity contribution in [2.45, 2.75) is 64.0 Å². The van der Waals surface area contributed by atoms with Gasteiger partial charge in [0.25, 0.3) is 0 Å². The monoisotopic (exact) mass is 314 g/mol. The molecule has 0 amide bonds. The summed E-state index contributed by atoms with van der Waals surface area (Å²) in [4.78, 5) is 13.1. The van der Waals surface area contributed by atoms with Crippen molar-refractivity contribution in [2.75, 3.05) is 14.1 Å². The maximum Gasteiger partial charge on any atom is 0.166 e. The molecule has 3 unspecified atom stereocenters. The number of rotatable bonds is 6. The highest BCUT2D eigenvalue weighted by molar-refractivity contribution is 5.98. The average Bonchev–Trinajstić information content (AvgIpc) is 2.74. The number of fused-ring (bicyclic) bond motifs is 2. The van der Waals surface area contributed by atoms with E-state index in [0.717, 1.165) is 24.1 Å². The molecule has 1 aromatic carbocycles. The quantitative estimate of drug-likeness (QED) is 0.550. The van der Waals surface area contributed by atoms with Gasteiger partial charge in [0, 0.05) is 37.2 Å². The highest BCUT2D eigenvalue weighted by Crippen LogP contribution is 2.45. The first-order chi connectivity index (χ1) is 11.0. The maximum atomic E-state index is 13.1. The molecule has 2 heterocycles. The van der Waals surface area contributed by atoms with Crippen molar-refractivity contribution >= 4 is 5.78 Å². The Balaban J connectivity index is 1.79. The molecule has 2 bridgehead atoms. The lowest BCUT2D eigenvalue weighted by molar-refractivity contribution is -0.931. The summed E-state index contributed by atoms with van der Waals surface area (Å²) in [5.41, 5.74) is 0.917. The summed E-state index contributed by atoms with van der Waals surface area (Å²) < 4.78 is 1.19. The van der Waals surface area contributed by atoms with Gasteiger partial charge in [-0.05, 0) is 12.3 Å². The predicted molar refractivity (Wildman–Crippen MR) is 95.4 cm³/mol. The number of hydrogen-bond acceptors (Lipinski definition) is 1. The van der Waals surface area contributed by atoms with Gasteiger partial charge < -0.3 is 4.48 Å². The molecule has 23 heavy (non-hydrogen) atoms. The second kappa shape index (κ2) is 6.76. The van der Waals surface area contributed by atoms with Gasteiger partial charge in [0.1, 0.15) is 0 Å². The molecule has 3 rings (SSSR count). The van der Waals surface area contributed by atoms with Gasteiger partial charge in [0.15, 0.2) is 5.78 Å². The van der Waals surface area contributed by atoms with Crippen molar-refractivity contribution in [1.29, 1.82) is 0 Å². The summed E-state index contributed by atoms with van der Waals surface area (Å²) in [6.07, 6.45) is 8.63. The van der Waals surface area contributed by atoms with Crippen molar-refractivity contribution in [3.63, 3.8) is 0 Å². The van der Waals surface area contributed by atoms with Crippen molar-refractivity contribution < 1.29 is 9.28 Å². The molecule has 1 aromatic rings. The zero-order valence-electron chi connectivity index (χ0n) is 15.0. The highest BCUT2D eigenvalue weighted by atomic mass is 16.1. The van der Waals surface area contributed by atoms with Crippen molar-refractivity contribution in [3.05, 3.63) is 35.9 Å². The molecule has 0 saturated carbocycles. The summed E-state index contributed by atoms with van der Waals surface area (Å²) in [7, 11) is 4.80. The van der Waals surface area contributed by atoms with Gasteiger partial charge in [-0.15, -0.1) is 0 Å². The van der Waals surface area contributed by atoms with E-state index >= 15 is 0 Å². The smallest absolute Gasteiger partial charge is 0.166 e. The first kappa shape index (κ1) is 16.7. The fourth-order valence-electron chi connectivity index (χ4n) is 5.07. The van der Waals surface area contributed by atoms with Gasteiger partial charge in [-0.25, -0.2) is 0 Å². The van der Waals surface area contributed by atoms with Crippen molar-refractivity contribution in [2.24, 2.45) is 11.8 Å². The Morgan fingerprint density at radius 2 is 1.74 bits per heavy atom. The molecule has 126 valence electrons.